The predicted octanol–water partition coefficient (Wildman–Crippen LogP) is 2.68. The van der Waals surface area contributed by atoms with Crippen LogP contribution in [0.4, 0.5) is 0 Å². The second kappa shape index (κ2) is 4.70. The van der Waals surface area contributed by atoms with Crippen LogP contribution in [0, 0.1) is 11.8 Å². The van der Waals surface area contributed by atoms with Gasteiger partial charge >= 0.3 is 0 Å². The first-order chi connectivity index (χ1) is 6.36. The molecule has 0 amide bonds. The summed E-state index contributed by atoms with van der Waals surface area (Å²) in [5.74, 6) is 3.75. The van der Waals surface area contributed by atoms with Gasteiger partial charge in [0.05, 0.1) is 6.10 Å². The lowest BCUT2D eigenvalue weighted by atomic mass is 9.82. The van der Waals surface area contributed by atoms with Crippen molar-refractivity contribution >= 4 is 11.8 Å². The van der Waals surface area contributed by atoms with Crippen LogP contribution in [0.1, 0.15) is 38.5 Å². The molecule has 0 bridgehead atoms. The van der Waals surface area contributed by atoms with Crippen LogP contribution in [-0.4, -0.2) is 22.7 Å². The number of aliphatic hydroxyl groups excluding tert-OH is 1. The molecular formula is C11H20OS. The highest BCUT2D eigenvalue weighted by molar-refractivity contribution is 7.99. The van der Waals surface area contributed by atoms with Crippen molar-refractivity contribution in [2.75, 3.05) is 11.5 Å². The van der Waals surface area contributed by atoms with Gasteiger partial charge in [-0.25, -0.2) is 0 Å². The summed E-state index contributed by atoms with van der Waals surface area (Å²) in [5.41, 5.74) is 0. The molecule has 2 fully saturated rings. The Kier molecular flexibility index (Phi) is 3.56. The molecule has 1 nitrogen and oxygen atoms in total. The number of hydrogen-bond donors (Lipinski definition) is 1. The van der Waals surface area contributed by atoms with Gasteiger partial charge in [0.1, 0.15) is 0 Å². The Bertz CT molecular complexity index is 154. The van der Waals surface area contributed by atoms with Crippen LogP contribution in [0.15, 0.2) is 0 Å². The number of aliphatic hydroxyl groups is 1. The van der Waals surface area contributed by atoms with E-state index in [0.717, 1.165) is 11.7 Å². The third kappa shape index (κ3) is 2.63. The SMILES string of the molecule is OC1CSCC1CC1CCCCC1. The number of thioether (sulfide) groups is 1. The molecule has 0 aromatic carbocycles. The first kappa shape index (κ1) is 9.85. The quantitative estimate of drug-likeness (QED) is 0.739. The van der Waals surface area contributed by atoms with Gasteiger partial charge in [-0.1, -0.05) is 32.1 Å². The minimum absolute atomic E-state index is 0.00641. The summed E-state index contributed by atoms with van der Waals surface area (Å²) in [4.78, 5) is 0. The molecule has 1 saturated carbocycles. The molecule has 2 rings (SSSR count). The summed E-state index contributed by atoms with van der Waals surface area (Å²) in [6, 6.07) is 0. The maximum atomic E-state index is 9.70. The van der Waals surface area contributed by atoms with Crippen molar-refractivity contribution in [1.82, 2.24) is 0 Å². The molecule has 1 heterocycles. The molecule has 76 valence electrons. The van der Waals surface area contributed by atoms with E-state index in [-0.39, 0.29) is 6.10 Å². The molecule has 1 saturated heterocycles. The van der Waals surface area contributed by atoms with E-state index in [1.165, 1.54) is 44.3 Å². The second-order valence-electron chi connectivity index (χ2n) is 4.60. The van der Waals surface area contributed by atoms with Crippen molar-refractivity contribution < 1.29 is 5.11 Å². The standard InChI is InChI=1S/C11H20OS/c12-11-8-13-7-10(11)6-9-4-2-1-3-5-9/h9-12H,1-8H2. The van der Waals surface area contributed by atoms with Gasteiger partial charge in [0.25, 0.3) is 0 Å². The molecule has 0 spiro atoms. The van der Waals surface area contributed by atoms with Crippen LogP contribution in [0.2, 0.25) is 0 Å². The number of hydrogen-bond acceptors (Lipinski definition) is 2. The van der Waals surface area contributed by atoms with Gasteiger partial charge < -0.3 is 5.11 Å². The largest absolute Gasteiger partial charge is 0.392 e. The second-order valence-corrected chi connectivity index (χ2v) is 5.68. The average Bonchev–Trinajstić information content (AvgIpc) is 2.54. The third-order valence-electron chi connectivity index (χ3n) is 3.53. The van der Waals surface area contributed by atoms with Crippen molar-refractivity contribution in [3.05, 3.63) is 0 Å². The fraction of sp³-hybridized carbons (Fsp3) is 1.00. The minimum atomic E-state index is 0.00641. The Morgan fingerprint density at radius 1 is 1.08 bits per heavy atom. The molecular weight excluding hydrogens is 180 g/mol. The summed E-state index contributed by atoms with van der Waals surface area (Å²) < 4.78 is 0. The van der Waals surface area contributed by atoms with Gasteiger partial charge in [-0.2, -0.15) is 11.8 Å². The van der Waals surface area contributed by atoms with Gasteiger partial charge in [-0.15, -0.1) is 0 Å². The summed E-state index contributed by atoms with van der Waals surface area (Å²) in [6.45, 7) is 0. The Morgan fingerprint density at radius 2 is 1.85 bits per heavy atom. The van der Waals surface area contributed by atoms with Gasteiger partial charge in [-0.05, 0) is 24.0 Å². The highest BCUT2D eigenvalue weighted by Gasteiger charge is 2.28. The maximum absolute atomic E-state index is 9.70. The molecule has 0 aromatic rings. The predicted molar refractivity (Wildman–Crippen MR) is 58.0 cm³/mol. The lowest BCUT2D eigenvalue weighted by Gasteiger charge is -2.25. The van der Waals surface area contributed by atoms with Crippen LogP contribution in [-0.2, 0) is 0 Å². The molecule has 13 heavy (non-hydrogen) atoms. The average molecular weight is 200 g/mol. The monoisotopic (exact) mass is 200 g/mol. The van der Waals surface area contributed by atoms with E-state index in [2.05, 4.69) is 0 Å². The molecule has 1 aliphatic carbocycles. The Hall–Kier alpha value is 0.310. The maximum Gasteiger partial charge on any atom is 0.0666 e. The zero-order valence-corrected chi connectivity index (χ0v) is 9.06. The molecule has 2 aliphatic rings. The lowest BCUT2D eigenvalue weighted by Crippen LogP contribution is -2.22. The molecule has 0 radical (unpaired) electrons. The van der Waals surface area contributed by atoms with Crippen molar-refractivity contribution in [2.45, 2.75) is 44.6 Å². The van der Waals surface area contributed by atoms with E-state index >= 15 is 0 Å². The van der Waals surface area contributed by atoms with Gasteiger partial charge in [0.2, 0.25) is 0 Å². The molecule has 2 heteroatoms. The van der Waals surface area contributed by atoms with Crippen molar-refractivity contribution in [2.24, 2.45) is 11.8 Å². The van der Waals surface area contributed by atoms with Gasteiger partial charge in [0.15, 0.2) is 0 Å². The molecule has 2 unspecified atom stereocenters. The smallest absolute Gasteiger partial charge is 0.0666 e. The van der Waals surface area contributed by atoms with Crippen LogP contribution in [0.5, 0.6) is 0 Å². The molecule has 0 aromatic heterocycles. The summed E-state index contributed by atoms with van der Waals surface area (Å²) in [5, 5.41) is 9.70. The topological polar surface area (TPSA) is 20.2 Å². The zero-order chi connectivity index (χ0) is 9.10. The summed E-state index contributed by atoms with van der Waals surface area (Å²) in [6.07, 6.45) is 8.46. The van der Waals surface area contributed by atoms with Crippen LogP contribution in [0.3, 0.4) is 0 Å². The van der Waals surface area contributed by atoms with E-state index < -0.39 is 0 Å². The Morgan fingerprint density at radius 3 is 2.46 bits per heavy atom. The van der Waals surface area contributed by atoms with E-state index in [1.54, 1.807) is 0 Å². The van der Waals surface area contributed by atoms with E-state index in [0.29, 0.717) is 5.92 Å². The molecule has 2 atom stereocenters. The first-order valence-electron chi connectivity index (χ1n) is 5.62. The number of rotatable bonds is 2. The lowest BCUT2D eigenvalue weighted by molar-refractivity contribution is 0.126. The fourth-order valence-electron chi connectivity index (χ4n) is 2.66. The highest BCUT2D eigenvalue weighted by Crippen LogP contribution is 2.34. The van der Waals surface area contributed by atoms with Gasteiger partial charge in [0, 0.05) is 5.75 Å². The fourth-order valence-corrected chi connectivity index (χ4v) is 3.97. The van der Waals surface area contributed by atoms with Crippen molar-refractivity contribution in [1.29, 1.82) is 0 Å². The van der Waals surface area contributed by atoms with Crippen molar-refractivity contribution in [3.63, 3.8) is 0 Å². The Balaban J connectivity index is 1.75. The van der Waals surface area contributed by atoms with Crippen molar-refractivity contribution in [3.8, 4) is 0 Å². The molecule has 1 aliphatic heterocycles. The molecule has 1 N–H and O–H groups in total. The minimum Gasteiger partial charge on any atom is -0.392 e. The normalized spacial score (nSPS) is 36.7. The van der Waals surface area contributed by atoms with Crippen LogP contribution in [0.25, 0.3) is 0 Å². The van der Waals surface area contributed by atoms with E-state index in [4.69, 9.17) is 0 Å². The Labute approximate surface area is 85.3 Å². The van der Waals surface area contributed by atoms with E-state index in [1.807, 2.05) is 11.8 Å². The van der Waals surface area contributed by atoms with Crippen LogP contribution < -0.4 is 0 Å². The zero-order valence-electron chi connectivity index (χ0n) is 8.24. The summed E-state index contributed by atoms with van der Waals surface area (Å²) in [7, 11) is 0. The van der Waals surface area contributed by atoms with E-state index in [9.17, 15) is 5.11 Å². The van der Waals surface area contributed by atoms with Gasteiger partial charge in [-0.3, -0.25) is 0 Å². The third-order valence-corrected chi connectivity index (χ3v) is 4.77. The first-order valence-corrected chi connectivity index (χ1v) is 6.77. The highest BCUT2D eigenvalue weighted by atomic mass is 32.2. The van der Waals surface area contributed by atoms with Crippen LogP contribution >= 0.6 is 11.8 Å². The summed E-state index contributed by atoms with van der Waals surface area (Å²) >= 11 is 1.93.